The van der Waals surface area contributed by atoms with Crippen LogP contribution in [0.25, 0.3) is 0 Å². The zero-order valence-corrected chi connectivity index (χ0v) is 16.1. The first-order valence-electron chi connectivity index (χ1n) is 8.22. The quantitative estimate of drug-likeness (QED) is 0.812. The third-order valence-electron chi connectivity index (χ3n) is 4.81. The number of nitrogens with zero attached hydrogens (tertiary/aromatic N) is 1. The molecule has 4 rings (SSSR count). The number of carbonyl (C=O) groups is 1. The molecule has 2 aromatic carbocycles. The van der Waals surface area contributed by atoms with E-state index in [4.69, 9.17) is 4.74 Å². The van der Waals surface area contributed by atoms with E-state index in [2.05, 4.69) is 21.2 Å². The number of hydrogen-bond acceptors (Lipinski definition) is 3. The molecule has 2 aliphatic heterocycles. The summed E-state index contributed by atoms with van der Waals surface area (Å²) in [4.78, 5) is 14.6. The molecule has 132 valence electrons. The Bertz CT molecular complexity index is 741. The topological polar surface area (TPSA) is 41.6 Å². The predicted octanol–water partition coefficient (Wildman–Crippen LogP) is 3.95. The van der Waals surface area contributed by atoms with Crippen molar-refractivity contribution < 1.29 is 9.53 Å². The number of ether oxygens (including phenoxy) is 1. The van der Waals surface area contributed by atoms with Gasteiger partial charge in [-0.1, -0.05) is 22.0 Å². The fourth-order valence-electron chi connectivity index (χ4n) is 3.54. The first-order chi connectivity index (χ1) is 11.7. The Labute approximate surface area is 162 Å². The number of nitrogens with one attached hydrogen (secondary N) is 1. The van der Waals surface area contributed by atoms with Crippen LogP contribution in [0.3, 0.4) is 0 Å². The summed E-state index contributed by atoms with van der Waals surface area (Å²) in [6, 6.07) is 15.1. The number of hydrogen-bond donors (Lipinski definition) is 1. The molecule has 2 aromatic rings. The first-order valence-corrected chi connectivity index (χ1v) is 9.02. The molecule has 0 saturated carbocycles. The van der Waals surface area contributed by atoms with Gasteiger partial charge in [-0.05, 0) is 54.3 Å². The Morgan fingerprint density at radius 1 is 1.04 bits per heavy atom. The number of likely N-dealkylation sites (tertiary alicyclic amines) is 1. The summed E-state index contributed by atoms with van der Waals surface area (Å²) in [6.45, 7) is 3.81. The summed E-state index contributed by atoms with van der Waals surface area (Å²) < 4.78 is 6.79. The highest BCUT2D eigenvalue weighted by molar-refractivity contribution is 9.10. The van der Waals surface area contributed by atoms with Gasteiger partial charge in [0.15, 0.2) is 0 Å². The molecule has 2 aliphatic rings. The van der Waals surface area contributed by atoms with Crippen LogP contribution in [0.4, 0.5) is 0 Å². The summed E-state index contributed by atoms with van der Waals surface area (Å²) >= 11 is 3.43. The third-order valence-corrected chi connectivity index (χ3v) is 5.30. The van der Waals surface area contributed by atoms with Gasteiger partial charge in [0.05, 0.1) is 0 Å². The van der Waals surface area contributed by atoms with Gasteiger partial charge in [-0.25, -0.2) is 0 Å². The largest absolute Gasteiger partial charge is 0.457 e. The predicted molar refractivity (Wildman–Crippen MR) is 104 cm³/mol. The molecule has 0 spiro atoms. The Morgan fingerprint density at radius 2 is 1.72 bits per heavy atom. The van der Waals surface area contributed by atoms with Crippen molar-refractivity contribution in [3.8, 4) is 11.5 Å². The lowest BCUT2D eigenvalue weighted by Crippen LogP contribution is -2.31. The minimum atomic E-state index is 0. The molecule has 2 atom stereocenters. The second kappa shape index (κ2) is 7.77. The molecule has 2 fully saturated rings. The van der Waals surface area contributed by atoms with Gasteiger partial charge in [-0.2, -0.15) is 0 Å². The fraction of sp³-hybridized carbons (Fsp3) is 0.316. The molecule has 1 amide bonds. The molecule has 0 aromatic heterocycles. The van der Waals surface area contributed by atoms with Gasteiger partial charge in [-0.15, -0.1) is 12.4 Å². The molecule has 0 bridgehead atoms. The van der Waals surface area contributed by atoms with Gasteiger partial charge >= 0.3 is 0 Å². The molecule has 0 radical (unpaired) electrons. The summed E-state index contributed by atoms with van der Waals surface area (Å²) in [5.74, 6) is 2.86. The molecule has 2 heterocycles. The van der Waals surface area contributed by atoms with Crippen molar-refractivity contribution in [2.75, 3.05) is 26.2 Å². The van der Waals surface area contributed by atoms with Crippen molar-refractivity contribution in [1.29, 1.82) is 0 Å². The Kier molecular flexibility index (Phi) is 5.67. The van der Waals surface area contributed by atoms with Crippen LogP contribution in [0.1, 0.15) is 10.4 Å². The second-order valence-corrected chi connectivity index (χ2v) is 7.39. The van der Waals surface area contributed by atoms with Crippen molar-refractivity contribution in [1.82, 2.24) is 10.2 Å². The molecular formula is C19H20BrClN2O2. The van der Waals surface area contributed by atoms with E-state index in [1.165, 1.54) is 0 Å². The van der Waals surface area contributed by atoms with E-state index < -0.39 is 0 Å². The summed E-state index contributed by atoms with van der Waals surface area (Å²) in [5, 5.41) is 3.40. The fourth-order valence-corrected chi connectivity index (χ4v) is 3.91. The van der Waals surface area contributed by atoms with Crippen LogP contribution >= 0.6 is 28.3 Å². The van der Waals surface area contributed by atoms with E-state index >= 15 is 0 Å². The molecule has 4 nitrogen and oxygen atoms in total. The maximum Gasteiger partial charge on any atom is 0.253 e. The lowest BCUT2D eigenvalue weighted by Gasteiger charge is -2.17. The third kappa shape index (κ3) is 4.00. The maximum absolute atomic E-state index is 12.7. The van der Waals surface area contributed by atoms with Crippen LogP contribution in [-0.4, -0.2) is 37.0 Å². The average Bonchev–Trinajstić information content (AvgIpc) is 3.16. The number of rotatable bonds is 3. The normalized spacial score (nSPS) is 21.6. The van der Waals surface area contributed by atoms with Crippen LogP contribution in [0.15, 0.2) is 53.0 Å². The van der Waals surface area contributed by atoms with Crippen molar-refractivity contribution >= 4 is 34.2 Å². The van der Waals surface area contributed by atoms with Crippen molar-refractivity contribution in [2.45, 2.75) is 0 Å². The number of benzene rings is 2. The Hall–Kier alpha value is -1.56. The molecule has 1 N–H and O–H groups in total. The minimum Gasteiger partial charge on any atom is -0.457 e. The smallest absolute Gasteiger partial charge is 0.253 e. The average molecular weight is 424 g/mol. The highest BCUT2D eigenvalue weighted by Gasteiger charge is 2.38. The summed E-state index contributed by atoms with van der Waals surface area (Å²) in [7, 11) is 0. The first kappa shape index (κ1) is 18.2. The lowest BCUT2D eigenvalue weighted by atomic mass is 10.0. The minimum absolute atomic E-state index is 0. The van der Waals surface area contributed by atoms with E-state index in [1.807, 2.05) is 53.4 Å². The number of amides is 1. The monoisotopic (exact) mass is 422 g/mol. The van der Waals surface area contributed by atoms with Crippen molar-refractivity contribution in [3.05, 3.63) is 58.6 Å². The number of halogens is 2. The molecular weight excluding hydrogens is 404 g/mol. The van der Waals surface area contributed by atoms with Crippen molar-refractivity contribution in [2.24, 2.45) is 11.8 Å². The van der Waals surface area contributed by atoms with Crippen LogP contribution in [0.2, 0.25) is 0 Å². The lowest BCUT2D eigenvalue weighted by molar-refractivity contribution is 0.0781. The van der Waals surface area contributed by atoms with Crippen molar-refractivity contribution in [3.63, 3.8) is 0 Å². The number of carbonyl (C=O) groups excluding carboxylic acids is 1. The van der Waals surface area contributed by atoms with Gasteiger partial charge in [0.25, 0.3) is 5.91 Å². The molecule has 0 unspecified atom stereocenters. The summed E-state index contributed by atoms with van der Waals surface area (Å²) in [5.41, 5.74) is 0.726. The number of fused-ring (bicyclic) bond motifs is 1. The molecule has 2 saturated heterocycles. The van der Waals surface area contributed by atoms with Gasteiger partial charge in [0.1, 0.15) is 11.5 Å². The van der Waals surface area contributed by atoms with E-state index in [9.17, 15) is 4.79 Å². The van der Waals surface area contributed by atoms with Gasteiger partial charge in [0, 0.05) is 36.2 Å². The molecule has 6 heteroatoms. The van der Waals surface area contributed by atoms with E-state index in [0.717, 1.165) is 47.7 Å². The zero-order chi connectivity index (χ0) is 16.5. The van der Waals surface area contributed by atoms with Gasteiger partial charge in [0.2, 0.25) is 0 Å². The SMILES string of the molecule is Cl.O=C(c1ccc(Oc2cccc(Br)c2)cc1)N1C[C@H]2CNC[C@H]2C1. The van der Waals surface area contributed by atoms with Crippen LogP contribution < -0.4 is 10.1 Å². The molecule has 25 heavy (non-hydrogen) atoms. The highest BCUT2D eigenvalue weighted by atomic mass is 79.9. The second-order valence-electron chi connectivity index (χ2n) is 6.47. The maximum atomic E-state index is 12.7. The van der Waals surface area contributed by atoms with E-state index in [1.54, 1.807) is 0 Å². The van der Waals surface area contributed by atoms with Crippen LogP contribution in [0.5, 0.6) is 11.5 Å². The Balaban J connectivity index is 0.00000182. The summed E-state index contributed by atoms with van der Waals surface area (Å²) in [6.07, 6.45) is 0. The zero-order valence-electron chi connectivity index (χ0n) is 13.7. The van der Waals surface area contributed by atoms with Gasteiger partial charge in [-0.3, -0.25) is 4.79 Å². The van der Waals surface area contributed by atoms with E-state index in [-0.39, 0.29) is 18.3 Å². The van der Waals surface area contributed by atoms with E-state index in [0.29, 0.717) is 11.8 Å². The van der Waals surface area contributed by atoms with Gasteiger partial charge < -0.3 is 15.0 Å². The standard InChI is InChI=1S/C19H19BrN2O2.ClH/c20-16-2-1-3-18(8-16)24-17-6-4-13(5-7-17)19(23)22-11-14-9-21-10-15(14)12-22;/h1-8,14-15,21H,9-12H2;1H/t14-,15+;. The van der Waals surface area contributed by atoms with Crippen LogP contribution in [0, 0.1) is 11.8 Å². The highest BCUT2D eigenvalue weighted by Crippen LogP contribution is 2.28. The molecule has 0 aliphatic carbocycles. The Morgan fingerprint density at radius 3 is 2.36 bits per heavy atom. The van der Waals surface area contributed by atoms with Crippen LogP contribution in [-0.2, 0) is 0 Å².